The average Bonchev–Trinajstić information content (AvgIpc) is 2.68. The Labute approximate surface area is 180 Å². The topological polar surface area (TPSA) is 29.5 Å². The molecule has 5 heteroatoms. The average molecular weight is 460 g/mol. The third kappa shape index (κ3) is 4.03. The number of thioether (sulfide) groups is 1. The first kappa shape index (κ1) is 20.0. The van der Waals surface area contributed by atoms with Crippen LogP contribution in [0.3, 0.4) is 0 Å². The molecular formula is C23H26BrNO2S. The Kier molecular flexibility index (Phi) is 5.86. The van der Waals surface area contributed by atoms with E-state index >= 15 is 0 Å². The van der Waals surface area contributed by atoms with Gasteiger partial charge in [0.15, 0.2) is 5.78 Å². The van der Waals surface area contributed by atoms with Crippen molar-refractivity contribution >= 4 is 33.5 Å². The number of ketones is 1. The van der Waals surface area contributed by atoms with Gasteiger partial charge in [0.05, 0.1) is 5.56 Å². The number of halogens is 1. The van der Waals surface area contributed by atoms with Gasteiger partial charge in [-0.25, -0.2) is 0 Å². The smallest absolute Gasteiger partial charge is 0.187 e. The van der Waals surface area contributed by atoms with Crippen molar-refractivity contribution in [3.05, 3.63) is 58.1 Å². The molecule has 2 atom stereocenters. The number of hydrogen-bond donors (Lipinski definition) is 0. The van der Waals surface area contributed by atoms with Crippen molar-refractivity contribution < 1.29 is 9.53 Å². The summed E-state index contributed by atoms with van der Waals surface area (Å²) in [4.78, 5) is 17.4. The summed E-state index contributed by atoms with van der Waals surface area (Å²) in [6, 6.07) is 14.1. The van der Waals surface area contributed by atoms with Crippen LogP contribution >= 0.6 is 27.7 Å². The fourth-order valence-corrected chi connectivity index (χ4v) is 5.84. The SMILES string of the molecule is Cc1cc2c(cc1Br)C(=O)[C@](CN1CCC[C@H](C)C1)(Sc1ccccc1)CO2. The second kappa shape index (κ2) is 8.21. The van der Waals surface area contributed by atoms with Crippen molar-refractivity contribution in [2.45, 2.75) is 36.3 Å². The highest BCUT2D eigenvalue weighted by atomic mass is 79.9. The summed E-state index contributed by atoms with van der Waals surface area (Å²) < 4.78 is 6.53. The molecule has 0 bridgehead atoms. The maximum Gasteiger partial charge on any atom is 0.187 e. The van der Waals surface area contributed by atoms with E-state index in [-0.39, 0.29) is 5.78 Å². The lowest BCUT2D eigenvalue weighted by Crippen LogP contribution is -2.54. The number of rotatable bonds is 4. The molecule has 0 aliphatic carbocycles. The second-order valence-electron chi connectivity index (χ2n) is 8.11. The lowest BCUT2D eigenvalue weighted by atomic mass is 9.91. The van der Waals surface area contributed by atoms with Crippen LogP contribution in [0, 0.1) is 12.8 Å². The van der Waals surface area contributed by atoms with Gasteiger partial charge in [0, 0.05) is 22.5 Å². The van der Waals surface area contributed by atoms with Crippen LogP contribution in [0.4, 0.5) is 0 Å². The van der Waals surface area contributed by atoms with Crippen molar-refractivity contribution in [2.24, 2.45) is 5.92 Å². The van der Waals surface area contributed by atoms with E-state index in [9.17, 15) is 4.79 Å². The quantitative estimate of drug-likeness (QED) is 0.595. The highest BCUT2D eigenvalue weighted by Gasteiger charge is 2.47. The second-order valence-corrected chi connectivity index (χ2v) is 10.4. The monoisotopic (exact) mass is 459 g/mol. The highest BCUT2D eigenvalue weighted by molar-refractivity contribution is 9.10. The van der Waals surface area contributed by atoms with Crippen molar-refractivity contribution in [2.75, 3.05) is 26.2 Å². The summed E-state index contributed by atoms with van der Waals surface area (Å²) in [7, 11) is 0. The Morgan fingerprint density at radius 1 is 1.29 bits per heavy atom. The molecular weight excluding hydrogens is 434 g/mol. The van der Waals surface area contributed by atoms with Gasteiger partial charge in [-0.1, -0.05) is 41.1 Å². The molecule has 0 unspecified atom stereocenters. The molecule has 28 heavy (non-hydrogen) atoms. The number of fused-ring (bicyclic) bond motifs is 1. The molecule has 2 aliphatic heterocycles. The number of piperidine rings is 1. The van der Waals surface area contributed by atoms with Gasteiger partial charge in [-0.15, -0.1) is 11.8 Å². The molecule has 2 aromatic carbocycles. The number of nitrogens with zero attached hydrogens (tertiary/aromatic N) is 1. The van der Waals surface area contributed by atoms with E-state index in [0.717, 1.165) is 34.6 Å². The van der Waals surface area contributed by atoms with Gasteiger partial charge in [0.2, 0.25) is 0 Å². The number of aryl methyl sites for hydroxylation is 1. The molecule has 0 aromatic heterocycles. The van der Waals surface area contributed by atoms with Crippen LogP contribution in [0.25, 0.3) is 0 Å². The number of likely N-dealkylation sites (tertiary alicyclic amines) is 1. The van der Waals surface area contributed by atoms with Gasteiger partial charge in [-0.05, 0) is 62.1 Å². The third-order valence-corrected chi connectivity index (χ3v) is 7.84. The minimum absolute atomic E-state index is 0.182. The number of carbonyl (C=O) groups is 1. The molecule has 2 aliphatic rings. The Bertz CT molecular complexity index is 872. The largest absolute Gasteiger partial charge is 0.491 e. The van der Waals surface area contributed by atoms with Gasteiger partial charge in [0.25, 0.3) is 0 Å². The fraction of sp³-hybridized carbons (Fsp3) is 0.435. The number of Topliss-reactive ketones (excluding diaryl/α,β-unsaturated/α-hetero) is 1. The molecule has 148 valence electrons. The molecule has 3 nitrogen and oxygen atoms in total. The maximum atomic E-state index is 13.8. The minimum Gasteiger partial charge on any atom is -0.491 e. The molecule has 2 aromatic rings. The molecule has 0 amide bonds. The van der Waals surface area contributed by atoms with Gasteiger partial charge in [0.1, 0.15) is 17.1 Å². The lowest BCUT2D eigenvalue weighted by molar-refractivity contribution is 0.0786. The van der Waals surface area contributed by atoms with Crippen LogP contribution in [0.1, 0.15) is 35.7 Å². The Balaban J connectivity index is 1.70. The number of hydrogen-bond acceptors (Lipinski definition) is 4. The van der Waals surface area contributed by atoms with E-state index in [4.69, 9.17) is 4.74 Å². The predicted octanol–water partition coefficient (Wildman–Crippen LogP) is 5.60. The summed E-state index contributed by atoms with van der Waals surface area (Å²) in [6.45, 7) is 7.56. The Morgan fingerprint density at radius 3 is 2.82 bits per heavy atom. The summed E-state index contributed by atoms with van der Waals surface area (Å²) in [5.41, 5.74) is 1.77. The molecule has 0 N–H and O–H groups in total. The van der Waals surface area contributed by atoms with E-state index in [1.807, 2.05) is 37.3 Å². The third-order valence-electron chi connectivity index (χ3n) is 5.66. The first-order valence-corrected chi connectivity index (χ1v) is 11.5. The van der Waals surface area contributed by atoms with Crippen LogP contribution in [0.15, 0.2) is 51.8 Å². The van der Waals surface area contributed by atoms with Gasteiger partial charge in [-0.3, -0.25) is 4.79 Å². The molecule has 2 heterocycles. The van der Waals surface area contributed by atoms with Crippen LogP contribution in [0.5, 0.6) is 5.75 Å². The summed E-state index contributed by atoms with van der Waals surface area (Å²) in [5, 5.41) is 0. The van der Waals surface area contributed by atoms with Gasteiger partial charge < -0.3 is 9.64 Å². The Morgan fingerprint density at radius 2 is 2.07 bits per heavy atom. The normalized spacial score (nSPS) is 25.2. The molecule has 0 spiro atoms. The van der Waals surface area contributed by atoms with Crippen LogP contribution in [-0.4, -0.2) is 41.7 Å². The zero-order chi connectivity index (χ0) is 19.7. The van der Waals surface area contributed by atoms with Gasteiger partial charge >= 0.3 is 0 Å². The molecule has 1 fully saturated rings. The van der Waals surface area contributed by atoms with Crippen LogP contribution < -0.4 is 4.74 Å². The zero-order valence-electron chi connectivity index (χ0n) is 16.4. The summed E-state index contributed by atoms with van der Waals surface area (Å²) in [5.74, 6) is 1.57. The van der Waals surface area contributed by atoms with Crippen LogP contribution in [-0.2, 0) is 0 Å². The predicted molar refractivity (Wildman–Crippen MR) is 119 cm³/mol. The molecule has 0 radical (unpaired) electrons. The maximum absolute atomic E-state index is 13.8. The lowest BCUT2D eigenvalue weighted by Gasteiger charge is -2.41. The first-order chi connectivity index (χ1) is 13.5. The van der Waals surface area contributed by atoms with Crippen molar-refractivity contribution in [3.63, 3.8) is 0 Å². The molecule has 0 saturated carbocycles. The van der Waals surface area contributed by atoms with E-state index in [1.165, 1.54) is 12.8 Å². The zero-order valence-corrected chi connectivity index (χ0v) is 18.8. The van der Waals surface area contributed by atoms with E-state index < -0.39 is 4.75 Å². The Hall–Kier alpha value is -1.30. The highest BCUT2D eigenvalue weighted by Crippen LogP contribution is 2.43. The number of benzene rings is 2. The van der Waals surface area contributed by atoms with E-state index in [1.54, 1.807) is 11.8 Å². The fourth-order valence-electron chi connectivity index (χ4n) is 4.19. The summed E-state index contributed by atoms with van der Waals surface area (Å²) >= 11 is 5.24. The van der Waals surface area contributed by atoms with Gasteiger partial charge in [-0.2, -0.15) is 0 Å². The minimum atomic E-state index is -0.625. The molecule has 4 rings (SSSR count). The van der Waals surface area contributed by atoms with Crippen molar-refractivity contribution in [1.82, 2.24) is 4.90 Å². The standard InChI is InChI=1S/C23H26BrNO2S/c1-16-7-6-10-25(13-16)14-23(28-18-8-4-3-5-9-18)15-27-21-11-17(2)20(24)12-19(21)22(23)26/h3-5,8-9,11-12,16H,6-7,10,13-15H2,1-2H3/t16-,23+/m0/s1. The van der Waals surface area contributed by atoms with Crippen molar-refractivity contribution in [1.29, 1.82) is 0 Å². The number of carbonyl (C=O) groups excluding carboxylic acids is 1. The summed E-state index contributed by atoms with van der Waals surface area (Å²) in [6.07, 6.45) is 2.47. The van der Waals surface area contributed by atoms with E-state index in [2.05, 4.69) is 39.9 Å². The molecule has 1 saturated heterocycles. The van der Waals surface area contributed by atoms with E-state index in [0.29, 0.717) is 23.8 Å². The first-order valence-electron chi connectivity index (χ1n) is 9.91. The van der Waals surface area contributed by atoms with Crippen molar-refractivity contribution in [3.8, 4) is 5.75 Å². The van der Waals surface area contributed by atoms with Crippen LogP contribution in [0.2, 0.25) is 0 Å². The number of ether oxygens (including phenoxy) is 1.